The highest BCUT2D eigenvalue weighted by atomic mass is 16.5. The zero-order valence-electron chi connectivity index (χ0n) is 13.2. The van der Waals surface area contributed by atoms with Crippen LogP contribution < -0.4 is 10.6 Å². The van der Waals surface area contributed by atoms with Gasteiger partial charge in [0, 0.05) is 16.8 Å². The molecular weight excluding hydrogens is 308 g/mol. The third-order valence-electron chi connectivity index (χ3n) is 3.51. The summed E-state index contributed by atoms with van der Waals surface area (Å²) in [5.74, 6) is -0.305. The number of amides is 2. The van der Waals surface area contributed by atoms with E-state index in [2.05, 4.69) is 25.6 Å². The Bertz CT molecular complexity index is 900. The maximum atomic E-state index is 12.4. The number of anilines is 2. The van der Waals surface area contributed by atoms with Crippen molar-refractivity contribution >= 4 is 34.3 Å². The Kier molecular flexibility index (Phi) is 4.15. The maximum absolute atomic E-state index is 12.4. The summed E-state index contributed by atoms with van der Waals surface area (Å²) in [6.07, 6.45) is -0.551. The molecule has 3 rings (SSSR count). The van der Waals surface area contributed by atoms with Gasteiger partial charge in [0.2, 0.25) is 0 Å². The topological polar surface area (TPSA) is 96.1 Å². The van der Waals surface area contributed by atoms with Crippen molar-refractivity contribution in [2.24, 2.45) is 0 Å². The minimum Gasteiger partial charge on any atom is -0.453 e. The number of aryl methyl sites for hydroxylation is 1. The number of carbonyl (C=O) groups excluding carboxylic acids is 2. The summed E-state index contributed by atoms with van der Waals surface area (Å²) < 4.78 is 4.52. The third kappa shape index (κ3) is 3.19. The van der Waals surface area contributed by atoms with Gasteiger partial charge in [0.05, 0.1) is 12.6 Å². The molecule has 2 aromatic carbocycles. The van der Waals surface area contributed by atoms with Crippen LogP contribution in [-0.4, -0.2) is 29.3 Å². The van der Waals surface area contributed by atoms with E-state index in [0.717, 1.165) is 16.5 Å². The molecule has 122 valence electrons. The van der Waals surface area contributed by atoms with Crippen molar-refractivity contribution in [2.75, 3.05) is 17.7 Å². The smallest absolute Gasteiger partial charge is 0.411 e. The number of aromatic nitrogens is 2. The van der Waals surface area contributed by atoms with Crippen molar-refractivity contribution < 1.29 is 14.3 Å². The van der Waals surface area contributed by atoms with E-state index in [4.69, 9.17) is 0 Å². The van der Waals surface area contributed by atoms with E-state index in [1.807, 2.05) is 25.1 Å². The second kappa shape index (κ2) is 6.41. The molecule has 0 aliphatic carbocycles. The number of methoxy groups -OCH3 is 1. The molecule has 0 saturated heterocycles. The van der Waals surface area contributed by atoms with E-state index in [-0.39, 0.29) is 5.91 Å². The molecule has 3 N–H and O–H groups in total. The standard InChI is InChI=1S/C17H16N4O3/c1-10-3-8-14-13(9-10)15(21-20-14)16(22)18-11-4-6-12(7-5-11)19-17(23)24-2/h3-9H,1-2H3,(H,18,22)(H,19,23)(H,20,21). The molecule has 0 aliphatic rings. The van der Waals surface area contributed by atoms with Crippen molar-refractivity contribution in [3.05, 3.63) is 53.7 Å². The van der Waals surface area contributed by atoms with Gasteiger partial charge in [-0.1, -0.05) is 11.6 Å². The minimum atomic E-state index is -0.551. The third-order valence-corrected chi connectivity index (χ3v) is 3.51. The average Bonchev–Trinajstić information content (AvgIpc) is 2.99. The number of nitrogens with one attached hydrogen (secondary N) is 3. The first-order valence-corrected chi connectivity index (χ1v) is 7.28. The highest BCUT2D eigenvalue weighted by Crippen LogP contribution is 2.19. The van der Waals surface area contributed by atoms with Crippen LogP contribution in [0, 0.1) is 6.92 Å². The predicted molar refractivity (Wildman–Crippen MR) is 91.3 cm³/mol. The summed E-state index contributed by atoms with van der Waals surface area (Å²) in [5, 5.41) is 13.0. The van der Waals surface area contributed by atoms with Crippen LogP contribution in [0.25, 0.3) is 10.9 Å². The lowest BCUT2D eigenvalue weighted by Gasteiger charge is -2.06. The number of ether oxygens (including phenoxy) is 1. The van der Waals surface area contributed by atoms with Gasteiger partial charge in [0.1, 0.15) is 0 Å². The van der Waals surface area contributed by atoms with Gasteiger partial charge in [-0.15, -0.1) is 0 Å². The summed E-state index contributed by atoms with van der Waals surface area (Å²) >= 11 is 0. The summed E-state index contributed by atoms with van der Waals surface area (Å²) in [6, 6.07) is 12.5. The number of benzene rings is 2. The molecule has 0 unspecified atom stereocenters. The van der Waals surface area contributed by atoms with Crippen LogP contribution >= 0.6 is 0 Å². The highest BCUT2D eigenvalue weighted by molar-refractivity contribution is 6.11. The second-order valence-corrected chi connectivity index (χ2v) is 5.27. The van der Waals surface area contributed by atoms with Gasteiger partial charge in [0.15, 0.2) is 5.69 Å². The fourth-order valence-electron chi connectivity index (χ4n) is 2.30. The van der Waals surface area contributed by atoms with Gasteiger partial charge in [-0.2, -0.15) is 5.10 Å². The largest absolute Gasteiger partial charge is 0.453 e. The summed E-state index contributed by atoms with van der Waals surface area (Å²) in [7, 11) is 1.29. The number of rotatable bonds is 3. The Balaban J connectivity index is 1.76. The first-order chi connectivity index (χ1) is 11.6. The molecule has 0 aliphatic heterocycles. The fraction of sp³-hybridized carbons (Fsp3) is 0.118. The zero-order chi connectivity index (χ0) is 17.1. The molecule has 1 heterocycles. The molecule has 0 radical (unpaired) electrons. The first-order valence-electron chi connectivity index (χ1n) is 7.28. The van der Waals surface area contributed by atoms with Gasteiger partial charge in [-0.3, -0.25) is 15.2 Å². The van der Waals surface area contributed by atoms with E-state index in [0.29, 0.717) is 17.1 Å². The molecule has 0 atom stereocenters. The number of hydrogen-bond donors (Lipinski definition) is 3. The molecule has 1 aromatic heterocycles. The Hall–Kier alpha value is -3.35. The Morgan fingerprint density at radius 1 is 1.04 bits per heavy atom. The van der Waals surface area contributed by atoms with Crippen LogP contribution in [0.15, 0.2) is 42.5 Å². The zero-order valence-corrected chi connectivity index (χ0v) is 13.2. The number of aromatic amines is 1. The highest BCUT2D eigenvalue weighted by Gasteiger charge is 2.14. The summed E-state index contributed by atoms with van der Waals surface area (Å²) in [5.41, 5.74) is 3.37. The van der Waals surface area contributed by atoms with Crippen LogP contribution in [0.2, 0.25) is 0 Å². The van der Waals surface area contributed by atoms with Crippen molar-refractivity contribution in [2.45, 2.75) is 6.92 Å². The van der Waals surface area contributed by atoms with E-state index in [1.165, 1.54) is 7.11 Å². The fourth-order valence-corrected chi connectivity index (χ4v) is 2.30. The van der Waals surface area contributed by atoms with Gasteiger partial charge in [0.25, 0.3) is 5.91 Å². The van der Waals surface area contributed by atoms with Crippen LogP contribution in [-0.2, 0) is 4.74 Å². The maximum Gasteiger partial charge on any atom is 0.411 e. The van der Waals surface area contributed by atoms with Crippen molar-refractivity contribution in [1.29, 1.82) is 0 Å². The lowest BCUT2D eigenvalue weighted by Crippen LogP contribution is -2.13. The van der Waals surface area contributed by atoms with Gasteiger partial charge in [-0.25, -0.2) is 4.79 Å². The number of carbonyl (C=O) groups is 2. The summed E-state index contributed by atoms with van der Waals surface area (Å²) in [4.78, 5) is 23.6. The molecule has 0 spiro atoms. The molecule has 7 nitrogen and oxygen atoms in total. The normalized spacial score (nSPS) is 10.4. The monoisotopic (exact) mass is 324 g/mol. The molecule has 0 bridgehead atoms. The molecule has 7 heteroatoms. The van der Waals surface area contributed by atoms with Crippen molar-refractivity contribution in [3.8, 4) is 0 Å². The molecule has 3 aromatic rings. The van der Waals surface area contributed by atoms with Crippen LogP contribution in [0.4, 0.5) is 16.2 Å². The molecule has 0 saturated carbocycles. The average molecular weight is 324 g/mol. The minimum absolute atomic E-state index is 0.305. The predicted octanol–water partition coefficient (Wildman–Crippen LogP) is 3.30. The van der Waals surface area contributed by atoms with E-state index in [1.54, 1.807) is 24.3 Å². The lowest BCUT2D eigenvalue weighted by molar-refractivity contribution is 0.102. The first kappa shape index (κ1) is 15.5. The van der Waals surface area contributed by atoms with E-state index < -0.39 is 6.09 Å². The lowest BCUT2D eigenvalue weighted by atomic mass is 10.1. The van der Waals surface area contributed by atoms with Crippen molar-refractivity contribution in [3.63, 3.8) is 0 Å². The molecule has 24 heavy (non-hydrogen) atoms. The number of nitrogens with zero attached hydrogens (tertiary/aromatic N) is 1. The number of hydrogen-bond acceptors (Lipinski definition) is 4. The second-order valence-electron chi connectivity index (χ2n) is 5.27. The molecule has 2 amide bonds. The van der Waals surface area contributed by atoms with Gasteiger partial charge < -0.3 is 10.1 Å². The number of H-pyrrole nitrogens is 1. The summed E-state index contributed by atoms with van der Waals surface area (Å²) in [6.45, 7) is 1.96. The van der Waals surface area contributed by atoms with Crippen molar-refractivity contribution in [1.82, 2.24) is 10.2 Å². The molecular formula is C17H16N4O3. The quantitative estimate of drug-likeness (QED) is 0.688. The molecule has 0 fully saturated rings. The Labute approximate surface area is 138 Å². The van der Waals surface area contributed by atoms with Crippen LogP contribution in [0.5, 0.6) is 0 Å². The van der Waals surface area contributed by atoms with Gasteiger partial charge >= 0.3 is 6.09 Å². The van der Waals surface area contributed by atoms with E-state index in [9.17, 15) is 9.59 Å². The van der Waals surface area contributed by atoms with Crippen LogP contribution in [0.3, 0.4) is 0 Å². The van der Waals surface area contributed by atoms with Crippen LogP contribution in [0.1, 0.15) is 16.1 Å². The number of fused-ring (bicyclic) bond motifs is 1. The Morgan fingerprint density at radius 3 is 2.38 bits per heavy atom. The Morgan fingerprint density at radius 2 is 1.71 bits per heavy atom. The van der Waals surface area contributed by atoms with Gasteiger partial charge in [-0.05, 0) is 43.3 Å². The SMILES string of the molecule is COC(=O)Nc1ccc(NC(=O)c2n[nH]c3ccc(C)cc23)cc1. The van der Waals surface area contributed by atoms with E-state index >= 15 is 0 Å².